The molecule has 0 spiro atoms. The highest BCUT2D eigenvalue weighted by Gasteiger charge is 2.34. The lowest BCUT2D eigenvalue weighted by Gasteiger charge is -2.33. The summed E-state index contributed by atoms with van der Waals surface area (Å²) in [5.74, 6) is -1.77. The van der Waals surface area contributed by atoms with E-state index >= 15 is 0 Å². The SMILES string of the molecule is CSc1ccc2ncnc(N3CCC(F)(F)CC3)c2c1. The summed E-state index contributed by atoms with van der Waals surface area (Å²) in [6.45, 7) is 0.672. The summed E-state index contributed by atoms with van der Waals surface area (Å²) in [5.41, 5.74) is 0.852. The summed E-state index contributed by atoms with van der Waals surface area (Å²) in [4.78, 5) is 11.6. The smallest absolute Gasteiger partial charge is 0.251 e. The monoisotopic (exact) mass is 295 g/mol. The number of halogens is 2. The van der Waals surface area contributed by atoms with Crippen LogP contribution < -0.4 is 4.90 Å². The predicted molar refractivity (Wildman–Crippen MR) is 77.7 cm³/mol. The molecule has 1 fully saturated rings. The van der Waals surface area contributed by atoms with Crippen molar-refractivity contribution in [3.05, 3.63) is 24.5 Å². The molecule has 0 aliphatic carbocycles. The Bertz CT molecular complexity index is 623. The highest BCUT2D eigenvalue weighted by Crippen LogP contribution is 2.33. The van der Waals surface area contributed by atoms with E-state index in [2.05, 4.69) is 9.97 Å². The number of hydrogen-bond acceptors (Lipinski definition) is 4. The lowest BCUT2D eigenvalue weighted by molar-refractivity contribution is -0.0221. The molecule has 1 aromatic carbocycles. The van der Waals surface area contributed by atoms with Crippen LogP contribution in [0.4, 0.5) is 14.6 Å². The van der Waals surface area contributed by atoms with Gasteiger partial charge < -0.3 is 4.90 Å². The number of rotatable bonds is 2. The standard InChI is InChI=1S/C14H15F2N3S/c1-20-10-2-3-12-11(8-10)13(18-9-17-12)19-6-4-14(15,16)5-7-19/h2-3,8-9H,4-7H2,1H3. The Balaban J connectivity index is 1.99. The number of alkyl halides is 2. The Labute approximate surface area is 120 Å². The fourth-order valence-corrected chi connectivity index (χ4v) is 2.89. The number of piperidine rings is 1. The summed E-state index contributed by atoms with van der Waals surface area (Å²) in [6, 6.07) is 5.99. The minimum Gasteiger partial charge on any atom is -0.356 e. The van der Waals surface area contributed by atoms with Crippen LogP contribution in [0.5, 0.6) is 0 Å². The average molecular weight is 295 g/mol. The Morgan fingerprint density at radius 1 is 1.20 bits per heavy atom. The van der Waals surface area contributed by atoms with Gasteiger partial charge >= 0.3 is 0 Å². The minimum absolute atomic E-state index is 0.110. The molecular formula is C14H15F2N3S. The van der Waals surface area contributed by atoms with Crippen LogP contribution in [0.25, 0.3) is 10.9 Å². The molecule has 0 radical (unpaired) electrons. The molecule has 2 aromatic rings. The van der Waals surface area contributed by atoms with Crippen LogP contribution in [0, 0.1) is 0 Å². The van der Waals surface area contributed by atoms with E-state index in [1.807, 2.05) is 29.4 Å². The van der Waals surface area contributed by atoms with Gasteiger partial charge in [-0.2, -0.15) is 0 Å². The van der Waals surface area contributed by atoms with Crippen molar-refractivity contribution in [2.75, 3.05) is 24.2 Å². The van der Waals surface area contributed by atoms with Gasteiger partial charge in [0.25, 0.3) is 5.92 Å². The molecule has 0 saturated carbocycles. The van der Waals surface area contributed by atoms with Gasteiger partial charge in [0.1, 0.15) is 12.1 Å². The Kier molecular flexibility index (Phi) is 3.50. The van der Waals surface area contributed by atoms with Gasteiger partial charge in [-0.25, -0.2) is 18.7 Å². The zero-order chi connectivity index (χ0) is 14.2. The summed E-state index contributed by atoms with van der Waals surface area (Å²) in [6.07, 6.45) is 3.29. The van der Waals surface area contributed by atoms with Crippen molar-refractivity contribution >= 4 is 28.5 Å². The normalized spacial score (nSPS) is 18.4. The van der Waals surface area contributed by atoms with E-state index in [9.17, 15) is 8.78 Å². The zero-order valence-corrected chi connectivity index (χ0v) is 12.0. The Morgan fingerprint density at radius 3 is 2.65 bits per heavy atom. The highest BCUT2D eigenvalue weighted by molar-refractivity contribution is 7.98. The van der Waals surface area contributed by atoms with E-state index in [0.717, 1.165) is 21.6 Å². The lowest BCUT2D eigenvalue weighted by Crippen LogP contribution is -2.39. The first kappa shape index (κ1) is 13.5. The predicted octanol–water partition coefficient (Wildman–Crippen LogP) is 3.59. The Morgan fingerprint density at radius 2 is 1.95 bits per heavy atom. The van der Waals surface area contributed by atoms with Gasteiger partial charge in [-0.15, -0.1) is 11.8 Å². The molecule has 0 atom stereocenters. The fourth-order valence-electron chi connectivity index (χ4n) is 2.45. The van der Waals surface area contributed by atoms with Gasteiger partial charge in [0.15, 0.2) is 0 Å². The quantitative estimate of drug-likeness (QED) is 0.792. The van der Waals surface area contributed by atoms with E-state index in [1.54, 1.807) is 11.8 Å². The van der Waals surface area contributed by atoms with Gasteiger partial charge in [0.2, 0.25) is 0 Å². The first-order valence-corrected chi connectivity index (χ1v) is 7.73. The van der Waals surface area contributed by atoms with Gasteiger partial charge in [0.05, 0.1) is 5.52 Å². The number of hydrogen-bond donors (Lipinski definition) is 0. The summed E-state index contributed by atoms with van der Waals surface area (Å²) < 4.78 is 26.5. The number of nitrogens with zero attached hydrogens (tertiary/aromatic N) is 3. The summed E-state index contributed by atoms with van der Waals surface area (Å²) in [5, 5.41) is 0.935. The first-order valence-electron chi connectivity index (χ1n) is 6.51. The maximum atomic E-state index is 13.3. The van der Waals surface area contributed by atoms with E-state index in [4.69, 9.17) is 0 Å². The number of benzene rings is 1. The minimum atomic E-state index is -2.54. The molecule has 0 bridgehead atoms. The van der Waals surface area contributed by atoms with E-state index in [-0.39, 0.29) is 12.8 Å². The molecule has 0 N–H and O–H groups in total. The van der Waals surface area contributed by atoms with Crippen molar-refractivity contribution in [1.82, 2.24) is 9.97 Å². The molecule has 0 unspecified atom stereocenters. The van der Waals surface area contributed by atoms with Crippen LogP contribution in [-0.4, -0.2) is 35.2 Å². The second-order valence-electron chi connectivity index (χ2n) is 4.92. The lowest BCUT2D eigenvalue weighted by atomic mass is 10.1. The molecule has 20 heavy (non-hydrogen) atoms. The van der Waals surface area contributed by atoms with E-state index in [0.29, 0.717) is 13.1 Å². The molecule has 2 heterocycles. The van der Waals surface area contributed by atoms with Gasteiger partial charge in [0, 0.05) is 36.2 Å². The third-order valence-corrected chi connectivity index (χ3v) is 4.34. The van der Waals surface area contributed by atoms with Gasteiger partial charge in [-0.05, 0) is 24.5 Å². The van der Waals surface area contributed by atoms with E-state index < -0.39 is 5.92 Å². The molecule has 1 aliphatic heterocycles. The molecule has 1 aromatic heterocycles. The van der Waals surface area contributed by atoms with Crippen LogP contribution in [0.1, 0.15) is 12.8 Å². The van der Waals surface area contributed by atoms with Crippen LogP contribution in [0.2, 0.25) is 0 Å². The fraction of sp³-hybridized carbons (Fsp3) is 0.429. The maximum Gasteiger partial charge on any atom is 0.251 e. The number of aromatic nitrogens is 2. The van der Waals surface area contributed by atoms with Crippen LogP contribution in [0.3, 0.4) is 0 Å². The second-order valence-corrected chi connectivity index (χ2v) is 5.80. The molecule has 0 amide bonds. The summed E-state index contributed by atoms with van der Waals surface area (Å²) in [7, 11) is 0. The zero-order valence-electron chi connectivity index (χ0n) is 11.1. The Hall–Kier alpha value is -1.43. The summed E-state index contributed by atoms with van der Waals surface area (Å²) >= 11 is 1.64. The van der Waals surface area contributed by atoms with Crippen molar-refractivity contribution in [3.8, 4) is 0 Å². The third kappa shape index (κ3) is 2.57. The number of thioether (sulfide) groups is 1. The number of anilines is 1. The van der Waals surface area contributed by atoms with Crippen molar-refractivity contribution in [2.24, 2.45) is 0 Å². The second kappa shape index (κ2) is 5.16. The molecular weight excluding hydrogens is 280 g/mol. The van der Waals surface area contributed by atoms with Crippen LogP contribution in [0.15, 0.2) is 29.4 Å². The van der Waals surface area contributed by atoms with Gasteiger partial charge in [-0.1, -0.05) is 0 Å². The molecule has 3 nitrogen and oxygen atoms in total. The molecule has 1 saturated heterocycles. The van der Waals surface area contributed by atoms with Crippen molar-refractivity contribution in [1.29, 1.82) is 0 Å². The molecule has 6 heteroatoms. The van der Waals surface area contributed by atoms with E-state index in [1.165, 1.54) is 6.33 Å². The highest BCUT2D eigenvalue weighted by atomic mass is 32.2. The van der Waals surface area contributed by atoms with Crippen molar-refractivity contribution < 1.29 is 8.78 Å². The van der Waals surface area contributed by atoms with Crippen LogP contribution >= 0.6 is 11.8 Å². The van der Waals surface area contributed by atoms with Crippen molar-refractivity contribution in [3.63, 3.8) is 0 Å². The average Bonchev–Trinajstić information content (AvgIpc) is 2.46. The topological polar surface area (TPSA) is 29.0 Å². The molecule has 106 valence electrons. The third-order valence-electron chi connectivity index (χ3n) is 3.62. The largest absolute Gasteiger partial charge is 0.356 e. The maximum absolute atomic E-state index is 13.3. The number of fused-ring (bicyclic) bond motifs is 1. The van der Waals surface area contributed by atoms with Crippen LogP contribution in [-0.2, 0) is 0 Å². The molecule has 1 aliphatic rings. The van der Waals surface area contributed by atoms with Gasteiger partial charge in [-0.3, -0.25) is 0 Å². The van der Waals surface area contributed by atoms with Crippen molar-refractivity contribution in [2.45, 2.75) is 23.7 Å². The first-order chi connectivity index (χ1) is 9.59. The molecule has 3 rings (SSSR count).